The molecule has 0 aliphatic carbocycles. The Morgan fingerprint density at radius 3 is 2.62 bits per heavy atom. The standard InChI is InChI=1S/C8H10F3NS/c1-2-12-4-7-3-6(5-13-7)8(9,10)11/h3,5,12H,2,4H2,1H3. The molecule has 1 nitrogen and oxygen atoms in total. The van der Waals surface area contributed by atoms with Crippen molar-refractivity contribution in [3.63, 3.8) is 0 Å². The van der Waals surface area contributed by atoms with E-state index in [1.807, 2.05) is 6.92 Å². The predicted octanol–water partition coefficient (Wildman–Crippen LogP) is 2.88. The van der Waals surface area contributed by atoms with E-state index >= 15 is 0 Å². The Kier molecular flexibility index (Phi) is 3.33. The van der Waals surface area contributed by atoms with E-state index in [9.17, 15) is 13.2 Å². The van der Waals surface area contributed by atoms with Crippen molar-refractivity contribution in [2.24, 2.45) is 0 Å². The smallest absolute Gasteiger partial charge is 0.312 e. The van der Waals surface area contributed by atoms with Gasteiger partial charge in [0.1, 0.15) is 0 Å². The van der Waals surface area contributed by atoms with Crippen LogP contribution in [0, 0.1) is 0 Å². The van der Waals surface area contributed by atoms with E-state index in [2.05, 4.69) is 5.32 Å². The first-order valence-corrected chi connectivity index (χ1v) is 4.77. The van der Waals surface area contributed by atoms with Crippen LogP contribution in [0.5, 0.6) is 0 Å². The van der Waals surface area contributed by atoms with Gasteiger partial charge in [-0.3, -0.25) is 0 Å². The Balaban J connectivity index is 2.64. The monoisotopic (exact) mass is 209 g/mol. The number of hydrogen-bond donors (Lipinski definition) is 1. The zero-order valence-electron chi connectivity index (χ0n) is 7.11. The van der Waals surface area contributed by atoms with Crippen LogP contribution in [-0.4, -0.2) is 6.54 Å². The highest BCUT2D eigenvalue weighted by atomic mass is 32.1. The molecule has 1 aromatic rings. The molecule has 0 amide bonds. The van der Waals surface area contributed by atoms with Crippen LogP contribution in [0.25, 0.3) is 0 Å². The second-order valence-electron chi connectivity index (χ2n) is 2.58. The summed E-state index contributed by atoms with van der Waals surface area (Å²) in [5, 5.41) is 4.12. The van der Waals surface area contributed by atoms with E-state index in [0.29, 0.717) is 11.4 Å². The molecule has 1 aromatic heterocycles. The molecule has 13 heavy (non-hydrogen) atoms. The van der Waals surface area contributed by atoms with Crippen LogP contribution in [0.15, 0.2) is 11.4 Å². The Morgan fingerprint density at radius 2 is 2.15 bits per heavy atom. The van der Waals surface area contributed by atoms with Crippen molar-refractivity contribution in [2.45, 2.75) is 19.6 Å². The van der Waals surface area contributed by atoms with Crippen molar-refractivity contribution >= 4 is 11.3 Å². The molecule has 0 unspecified atom stereocenters. The number of rotatable bonds is 3. The Labute approximate surface area is 78.6 Å². The molecule has 1 N–H and O–H groups in total. The zero-order valence-corrected chi connectivity index (χ0v) is 7.93. The molecule has 1 heterocycles. The molecule has 0 bridgehead atoms. The maximum Gasteiger partial charge on any atom is 0.417 e. The average molecular weight is 209 g/mol. The largest absolute Gasteiger partial charge is 0.417 e. The third-order valence-electron chi connectivity index (χ3n) is 1.53. The Bertz CT molecular complexity index is 267. The quantitative estimate of drug-likeness (QED) is 0.807. The van der Waals surface area contributed by atoms with E-state index in [0.717, 1.165) is 23.3 Å². The van der Waals surface area contributed by atoms with Crippen molar-refractivity contribution in [1.82, 2.24) is 5.32 Å². The summed E-state index contributed by atoms with van der Waals surface area (Å²) in [6.45, 7) is 3.19. The maximum atomic E-state index is 12.1. The topological polar surface area (TPSA) is 12.0 Å². The average Bonchev–Trinajstić information content (AvgIpc) is 2.47. The normalized spacial score (nSPS) is 12.0. The Hall–Kier alpha value is -0.550. The highest BCUT2D eigenvalue weighted by Gasteiger charge is 2.31. The molecule has 0 aliphatic heterocycles. The van der Waals surface area contributed by atoms with Crippen molar-refractivity contribution in [2.75, 3.05) is 6.54 Å². The molecule has 0 spiro atoms. The van der Waals surface area contributed by atoms with Crippen LogP contribution in [0.2, 0.25) is 0 Å². The van der Waals surface area contributed by atoms with E-state index in [1.165, 1.54) is 6.07 Å². The van der Waals surface area contributed by atoms with Crippen molar-refractivity contribution in [3.05, 3.63) is 21.9 Å². The number of nitrogens with one attached hydrogen (secondary N) is 1. The third kappa shape index (κ3) is 3.00. The minimum absolute atomic E-state index is 0.511. The van der Waals surface area contributed by atoms with Gasteiger partial charge in [-0.05, 0) is 12.6 Å². The van der Waals surface area contributed by atoms with E-state index in [4.69, 9.17) is 0 Å². The summed E-state index contributed by atoms with van der Waals surface area (Å²) in [5.41, 5.74) is -0.551. The lowest BCUT2D eigenvalue weighted by Gasteiger charge is -2.01. The van der Waals surface area contributed by atoms with Crippen LogP contribution in [-0.2, 0) is 12.7 Å². The lowest BCUT2D eigenvalue weighted by Crippen LogP contribution is -2.10. The van der Waals surface area contributed by atoms with Gasteiger partial charge in [-0.1, -0.05) is 6.92 Å². The second-order valence-corrected chi connectivity index (χ2v) is 3.58. The van der Waals surface area contributed by atoms with Crippen LogP contribution >= 0.6 is 11.3 Å². The van der Waals surface area contributed by atoms with Gasteiger partial charge in [-0.15, -0.1) is 11.3 Å². The first-order valence-electron chi connectivity index (χ1n) is 3.89. The van der Waals surface area contributed by atoms with E-state index in [-0.39, 0.29) is 0 Å². The summed E-state index contributed by atoms with van der Waals surface area (Å²) >= 11 is 1.13. The lowest BCUT2D eigenvalue weighted by atomic mass is 10.3. The molecule has 5 heteroatoms. The summed E-state index contributed by atoms with van der Waals surface area (Å²) in [6.07, 6.45) is -4.21. The van der Waals surface area contributed by atoms with E-state index in [1.54, 1.807) is 0 Å². The summed E-state index contributed by atoms with van der Waals surface area (Å²) in [7, 11) is 0. The van der Waals surface area contributed by atoms with Gasteiger partial charge in [0.25, 0.3) is 0 Å². The fraction of sp³-hybridized carbons (Fsp3) is 0.500. The number of halogens is 3. The lowest BCUT2D eigenvalue weighted by molar-refractivity contribution is -0.137. The van der Waals surface area contributed by atoms with Gasteiger partial charge >= 0.3 is 6.18 Å². The van der Waals surface area contributed by atoms with Gasteiger partial charge < -0.3 is 5.32 Å². The minimum atomic E-state index is -4.21. The molecule has 0 saturated carbocycles. The highest BCUT2D eigenvalue weighted by Crippen LogP contribution is 2.32. The maximum absolute atomic E-state index is 12.1. The van der Waals surface area contributed by atoms with Gasteiger partial charge in [0, 0.05) is 16.8 Å². The number of thiophene rings is 1. The number of hydrogen-bond acceptors (Lipinski definition) is 2. The Morgan fingerprint density at radius 1 is 1.46 bits per heavy atom. The summed E-state index contributed by atoms with van der Waals surface area (Å²) < 4.78 is 36.3. The molecule has 1 rings (SSSR count). The molecule has 0 saturated heterocycles. The fourth-order valence-electron chi connectivity index (χ4n) is 0.870. The van der Waals surface area contributed by atoms with Crippen molar-refractivity contribution < 1.29 is 13.2 Å². The summed E-state index contributed by atoms with van der Waals surface area (Å²) in [5.74, 6) is 0. The first-order chi connectivity index (χ1) is 6.04. The molecule has 0 atom stereocenters. The van der Waals surface area contributed by atoms with Crippen molar-refractivity contribution in [1.29, 1.82) is 0 Å². The molecule has 74 valence electrons. The summed E-state index contributed by atoms with van der Waals surface area (Å²) in [4.78, 5) is 0.717. The molecular formula is C8H10F3NS. The van der Waals surface area contributed by atoms with Crippen LogP contribution in [0.3, 0.4) is 0 Å². The van der Waals surface area contributed by atoms with E-state index < -0.39 is 11.7 Å². The number of alkyl halides is 3. The van der Waals surface area contributed by atoms with Crippen LogP contribution in [0.4, 0.5) is 13.2 Å². The first kappa shape index (κ1) is 10.5. The molecule has 0 aromatic carbocycles. The molecular weight excluding hydrogens is 199 g/mol. The zero-order chi connectivity index (χ0) is 9.90. The summed E-state index contributed by atoms with van der Waals surface area (Å²) in [6, 6.07) is 1.19. The van der Waals surface area contributed by atoms with Crippen LogP contribution in [0.1, 0.15) is 17.4 Å². The van der Waals surface area contributed by atoms with Gasteiger partial charge in [0.05, 0.1) is 5.56 Å². The molecule has 0 fully saturated rings. The third-order valence-corrected chi connectivity index (χ3v) is 2.47. The predicted molar refractivity (Wildman–Crippen MR) is 46.7 cm³/mol. The van der Waals surface area contributed by atoms with Crippen molar-refractivity contribution in [3.8, 4) is 0 Å². The highest BCUT2D eigenvalue weighted by molar-refractivity contribution is 7.10. The van der Waals surface area contributed by atoms with Gasteiger partial charge in [0.15, 0.2) is 0 Å². The van der Waals surface area contributed by atoms with Gasteiger partial charge in [-0.25, -0.2) is 0 Å². The second kappa shape index (κ2) is 4.11. The van der Waals surface area contributed by atoms with Gasteiger partial charge in [-0.2, -0.15) is 13.2 Å². The fourth-order valence-corrected chi connectivity index (χ4v) is 1.73. The van der Waals surface area contributed by atoms with Crippen LogP contribution < -0.4 is 5.32 Å². The minimum Gasteiger partial charge on any atom is -0.312 e. The molecule has 0 radical (unpaired) electrons. The SMILES string of the molecule is CCNCc1cc(C(F)(F)F)cs1. The van der Waals surface area contributed by atoms with Gasteiger partial charge in [0.2, 0.25) is 0 Å². The molecule has 0 aliphatic rings.